The number of aromatic nitrogens is 2. The van der Waals surface area contributed by atoms with E-state index < -0.39 is 0 Å². The van der Waals surface area contributed by atoms with Crippen molar-refractivity contribution in [3.63, 3.8) is 0 Å². The van der Waals surface area contributed by atoms with Crippen molar-refractivity contribution in [3.8, 4) is 0 Å². The van der Waals surface area contributed by atoms with Crippen molar-refractivity contribution < 1.29 is 0 Å². The van der Waals surface area contributed by atoms with Crippen LogP contribution in [0, 0.1) is 6.92 Å². The lowest BCUT2D eigenvalue weighted by Gasteiger charge is -1.96. The molecule has 2 heterocycles. The lowest BCUT2D eigenvalue weighted by molar-refractivity contribution is 0.694. The zero-order chi connectivity index (χ0) is 9.97. The second kappa shape index (κ2) is 3.94. The summed E-state index contributed by atoms with van der Waals surface area (Å²) < 4.78 is 1.95. The maximum atomic E-state index is 5.55. The Bertz CT molecular complexity index is 416. The molecule has 0 saturated heterocycles. The molecule has 2 rings (SSSR count). The quantitative estimate of drug-likeness (QED) is 0.833. The van der Waals surface area contributed by atoms with E-state index in [0.717, 1.165) is 6.54 Å². The van der Waals surface area contributed by atoms with Crippen LogP contribution >= 0.6 is 11.3 Å². The fraction of sp³-hybridized carbons (Fsp3) is 0.300. The van der Waals surface area contributed by atoms with Gasteiger partial charge in [-0.25, -0.2) is 0 Å². The molecule has 0 aromatic carbocycles. The van der Waals surface area contributed by atoms with Gasteiger partial charge in [0.25, 0.3) is 0 Å². The number of rotatable bonds is 3. The van der Waals surface area contributed by atoms with Crippen molar-refractivity contribution in [2.24, 2.45) is 5.73 Å². The van der Waals surface area contributed by atoms with Crippen LogP contribution in [0.3, 0.4) is 0 Å². The molecular weight excluding hydrogens is 194 g/mol. The van der Waals surface area contributed by atoms with Gasteiger partial charge in [-0.2, -0.15) is 5.10 Å². The Balaban J connectivity index is 2.10. The third-order valence-corrected chi connectivity index (χ3v) is 3.09. The van der Waals surface area contributed by atoms with Gasteiger partial charge in [0.1, 0.15) is 0 Å². The van der Waals surface area contributed by atoms with Crippen LogP contribution in [0.5, 0.6) is 0 Å². The zero-order valence-electron chi connectivity index (χ0n) is 8.10. The van der Waals surface area contributed by atoms with E-state index in [4.69, 9.17) is 5.73 Å². The molecule has 2 N–H and O–H groups in total. The van der Waals surface area contributed by atoms with E-state index in [0.29, 0.717) is 6.54 Å². The number of hydrogen-bond donors (Lipinski definition) is 1. The molecule has 3 nitrogen and oxygen atoms in total. The summed E-state index contributed by atoms with van der Waals surface area (Å²) in [6.45, 7) is 3.52. The molecule has 14 heavy (non-hydrogen) atoms. The Morgan fingerprint density at radius 2 is 2.21 bits per heavy atom. The molecule has 0 bridgehead atoms. The molecule has 74 valence electrons. The highest BCUT2D eigenvalue weighted by Gasteiger charge is 2.00. The van der Waals surface area contributed by atoms with Gasteiger partial charge in [-0.05, 0) is 24.6 Å². The first-order chi connectivity index (χ1) is 6.78. The summed E-state index contributed by atoms with van der Waals surface area (Å²) in [5.41, 5.74) is 6.74. The van der Waals surface area contributed by atoms with Gasteiger partial charge in [0.15, 0.2) is 0 Å². The van der Waals surface area contributed by atoms with Crippen molar-refractivity contribution in [1.29, 1.82) is 0 Å². The van der Waals surface area contributed by atoms with E-state index in [9.17, 15) is 0 Å². The molecule has 0 atom stereocenters. The van der Waals surface area contributed by atoms with Crippen LogP contribution in [0.15, 0.2) is 24.5 Å². The Morgan fingerprint density at radius 3 is 2.79 bits per heavy atom. The molecule has 0 spiro atoms. The van der Waals surface area contributed by atoms with Gasteiger partial charge in [-0.3, -0.25) is 4.68 Å². The molecule has 0 amide bonds. The molecule has 0 aliphatic rings. The van der Waals surface area contributed by atoms with Crippen molar-refractivity contribution in [2.75, 3.05) is 0 Å². The summed E-state index contributed by atoms with van der Waals surface area (Å²) >= 11 is 1.75. The first-order valence-electron chi connectivity index (χ1n) is 4.54. The zero-order valence-corrected chi connectivity index (χ0v) is 8.92. The number of aryl methyl sites for hydroxylation is 1. The molecule has 0 aliphatic heterocycles. The minimum atomic E-state index is 0.628. The van der Waals surface area contributed by atoms with Crippen molar-refractivity contribution in [1.82, 2.24) is 9.78 Å². The Kier molecular flexibility index (Phi) is 2.65. The topological polar surface area (TPSA) is 43.8 Å². The summed E-state index contributed by atoms with van der Waals surface area (Å²) in [6, 6.07) is 4.19. The van der Waals surface area contributed by atoms with E-state index >= 15 is 0 Å². The molecular formula is C10H13N3S. The molecule has 0 radical (unpaired) electrons. The molecule has 2 aromatic heterocycles. The van der Waals surface area contributed by atoms with Crippen LogP contribution in [0.25, 0.3) is 0 Å². The second-order valence-corrected chi connectivity index (χ2v) is 4.54. The summed E-state index contributed by atoms with van der Waals surface area (Å²) in [7, 11) is 0. The van der Waals surface area contributed by atoms with Crippen LogP contribution in [0.2, 0.25) is 0 Å². The number of nitrogens with zero attached hydrogens (tertiary/aromatic N) is 2. The maximum Gasteiger partial charge on any atom is 0.0752 e. The third-order valence-electron chi connectivity index (χ3n) is 2.00. The Hall–Kier alpha value is -1.13. The predicted octanol–water partition coefficient (Wildman–Crippen LogP) is 1.76. The maximum absolute atomic E-state index is 5.55. The molecule has 4 heteroatoms. The van der Waals surface area contributed by atoms with Crippen LogP contribution in [0.1, 0.15) is 15.3 Å². The number of thiophene rings is 1. The van der Waals surface area contributed by atoms with Crippen molar-refractivity contribution in [3.05, 3.63) is 39.8 Å². The molecule has 2 aromatic rings. The van der Waals surface area contributed by atoms with Crippen LogP contribution < -0.4 is 5.73 Å². The number of nitrogens with two attached hydrogens (primary N) is 1. The van der Waals surface area contributed by atoms with Gasteiger partial charge < -0.3 is 5.73 Å². The van der Waals surface area contributed by atoms with Crippen LogP contribution in [-0.4, -0.2) is 9.78 Å². The lowest BCUT2D eigenvalue weighted by Crippen LogP contribution is -1.97. The first kappa shape index (κ1) is 9.43. The summed E-state index contributed by atoms with van der Waals surface area (Å²) in [6.07, 6.45) is 3.92. The smallest absolute Gasteiger partial charge is 0.0752 e. The van der Waals surface area contributed by atoms with Gasteiger partial charge in [0.2, 0.25) is 0 Å². The van der Waals surface area contributed by atoms with Crippen LogP contribution in [-0.2, 0) is 13.1 Å². The van der Waals surface area contributed by atoms with Gasteiger partial charge in [-0.15, -0.1) is 11.3 Å². The SMILES string of the molecule is Cc1cnn(Cc2ccc(CN)s2)c1. The van der Waals surface area contributed by atoms with Gasteiger partial charge in [-0.1, -0.05) is 0 Å². The third kappa shape index (κ3) is 2.02. The highest BCUT2D eigenvalue weighted by molar-refractivity contribution is 7.11. The fourth-order valence-corrected chi connectivity index (χ4v) is 2.22. The van der Waals surface area contributed by atoms with Crippen LogP contribution in [0.4, 0.5) is 0 Å². The van der Waals surface area contributed by atoms with Crippen molar-refractivity contribution >= 4 is 11.3 Å². The van der Waals surface area contributed by atoms with E-state index in [1.165, 1.54) is 15.3 Å². The number of hydrogen-bond acceptors (Lipinski definition) is 3. The average molecular weight is 207 g/mol. The van der Waals surface area contributed by atoms with E-state index in [2.05, 4.69) is 17.2 Å². The van der Waals surface area contributed by atoms with Gasteiger partial charge in [0.05, 0.1) is 12.7 Å². The van der Waals surface area contributed by atoms with E-state index in [1.54, 1.807) is 11.3 Å². The van der Waals surface area contributed by atoms with E-state index in [1.807, 2.05) is 24.0 Å². The van der Waals surface area contributed by atoms with E-state index in [-0.39, 0.29) is 0 Å². The minimum absolute atomic E-state index is 0.628. The van der Waals surface area contributed by atoms with Crippen molar-refractivity contribution in [2.45, 2.75) is 20.0 Å². The summed E-state index contributed by atoms with van der Waals surface area (Å²) in [4.78, 5) is 2.53. The first-order valence-corrected chi connectivity index (χ1v) is 5.36. The average Bonchev–Trinajstić information content (AvgIpc) is 2.76. The summed E-state index contributed by atoms with van der Waals surface area (Å²) in [5.74, 6) is 0. The normalized spacial score (nSPS) is 10.7. The minimum Gasteiger partial charge on any atom is -0.326 e. The van der Waals surface area contributed by atoms with Gasteiger partial charge in [0, 0.05) is 22.5 Å². The fourth-order valence-electron chi connectivity index (χ4n) is 1.33. The molecule has 0 saturated carbocycles. The highest BCUT2D eigenvalue weighted by Crippen LogP contribution is 2.16. The Labute approximate surface area is 87.2 Å². The summed E-state index contributed by atoms with van der Waals surface area (Å²) in [5, 5.41) is 4.24. The predicted molar refractivity (Wildman–Crippen MR) is 58.3 cm³/mol. The monoisotopic (exact) mass is 207 g/mol. The van der Waals surface area contributed by atoms with Gasteiger partial charge >= 0.3 is 0 Å². The molecule has 0 aliphatic carbocycles. The standard InChI is InChI=1S/C10H13N3S/c1-8-5-12-13(6-8)7-10-3-2-9(4-11)14-10/h2-3,5-6H,4,7,11H2,1H3. The largest absolute Gasteiger partial charge is 0.326 e. The highest BCUT2D eigenvalue weighted by atomic mass is 32.1. The Morgan fingerprint density at radius 1 is 1.43 bits per heavy atom. The lowest BCUT2D eigenvalue weighted by atomic mass is 10.4. The molecule has 0 fully saturated rings. The second-order valence-electron chi connectivity index (χ2n) is 3.29. The molecule has 0 unspecified atom stereocenters.